The first kappa shape index (κ1) is 18.0. The molecule has 0 fully saturated rings. The third-order valence-corrected chi connectivity index (χ3v) is 2.67. The number of nitrogens with one attached hydrogen (secondary N) is 2. The molecule has 0 aromatic carbocycles. The lowest BCUT2D eigenvalue weighted by molar-refractivity contribution is -0.121. The molecule has 1 rings (SSSR count). The SMILES string of the molecule is CNCCC(=O)NCc1nc(C)cs1.Cl.Cl. The maximum absolute atomic E-state index is 11.2. The molecule has 0 spiro atoms. The maximum Gasteiger partial charge on any atom is 0.221 e. The van der Waals surface area contributed by atoms with Gasteiger partial charge in [0.15, 0.2) is 0 Å². The Morgan fingerprint density at radius 2 is 2.19 bits per heavy atom. The predicted octanol–water partition coefficient (Wildman–Crippen LogP) is 1.52. The van der Waals surface area contributed by atoms with Crippen LogP contribution in [0.1, 0.15) is 17.1 Å². The first-order chi connectivity index (χ1) is 6.72. The molecule has 1 amide bonds. The van der Waals surface area contributed by atoms with Crippen molar-refractivity contribution in [3.8, 4) is 0 Å². The Morgan fingerprint density at radius 1 is 1.50 bits per heavy atom. The summed E-state index contributed by atoms with van der Waals surface area (Å²) in [7, 11) is 1.83. The molecule has 0 radical (unpaired) electrons. The summed E-state index contributed by atoms with van der Waals surface area (Å²) in [4.78, 5) is 15.5. The number of hydrogen-bond acceptors (Lipinski definition) is 4. The number of halogens is 2. The fourth-order valence-electron chi connectivity index (χ4n) is 0.985. The van der Waals surface area contributed by atoms with Gasteiger partial charge in [0.05, 0.1) is 6.54 Å². The molecular weight excluding hydrogens is 269 g/mol. The van der Waals surface area contributed by atoms with Gasteiger partial charge >= 0.3 is 0 Å². The Labute approximate surface area is 112 Å². The minimum absolute atomic E-state index is 0. The van der Waals surface area contributed by atoms with Crippen LogP contribution in [0.4, 0.5) is 0 Å². The highest BCUT2D eigenvalue weighted by Gasteiger charge is 2.02. The number of rotatable bonds is 5. The van der Waals surface area contributed by atoms with Crippen LogP contribution < -0.4 is 10.6 Å². The Bertz CT molecular complexity index is 307. The summed E-state index contributed by atoms with van der Waals surface area (Å²) in [6, 6.07) is 0. The van der Waals surface area contributed by atoms with Crippen molar-refractivity contribution in [2.75, 3.05) is 13.6 Å². The number of amides is 1. The van der Waals surface area contributed by atoms with Crippen molar-refractivity contribution in [2.45, 2.75) is 19.9 Å². The molecule has 16 heavy (non-hydrogen) atoms. The summed E-state index contributed by atoms with van der Waals surface area (Å²) in [6.07, 6.45) is 0.515. The molecule has 1 aromatic rings. The van der Waals surface area contributed by atoms with Crippen molar-refractivity contribution in [2.24, 2.45) is 0 Å². The number of thiazole rings is 1. The highest BCUT2D eigenvalue weighted by atomic mass is 35.5. The zero-order chi connectivity index (χ0) is 10.4. The zero-order valence-corrected chi connectivity index (χ0v) is 11.7. The second kappa shape index (κ2) is 9.84. The lowest BCUT2D eigenvalue weighted by atomic mass is 10.4. The first-order valence-electron chi connectivity index (χ1n) is 4.54. The number of aryl methyl sites for hydroxylation is 1. The van der Waals surface area contributed by atoms with Crippen LogP contribution in [0, 0.1) is 6.92 Å². The van der Waals surface area contributed by atoms with Crippen LogP contribution in [-0.4, -0.2) is 24.5 Å². The van der Waals surface area contributed by atoms with Crippen LogP contribution in [0.25, 0.3) is 0 Å². The van der Waals surface area contributed by atoms with Gasteiger partial charge in [0.2, 0.25) is 5.91 Å². The normalized spacial score (nSPS) is 8.88. The summed E-state index contributed by atoms with van der Waals surface area (Å²) in [5.41, 5.74) is 1.01. The molecule has 1 heterocycles. The molecule has 0 saturated carbocycles. The summed E-state index contributed by atoms with van der Waals surface area (Å²) in [5, 5.41) is 8.68. The first-order valence-corrected chi connectivity index (χ1v) is 5.42. The molecule has 0 saturated heterocycles. The fraction of sp³-hybridized carbons (Fsp3) is 0.556. The van der Waals surface area contributed by atoms with Gasteiger partial charge in [-0.25, -0.2) is 4.98 Å². The predicted molar refractivity (Wildman–Crippen MR) is 71.7 cm³/mol. The van der Waals surface area contributed by atoms with Gasteiger partial charge in [-0.15, -0.1) is 36.2 Å². The molecule has 0 bridgehead atoms. The van der Waals surface area contributed by atoms with E-state index in [4.69, 9.17) is 0 Å². The summed E-state index contributed by atoms with van der Waals surface area (Å²) < 4.78 is 0. The molecule has 0 aliphatic rings. The van der Waals surface area contributed by atoms with Gasteiger partial charge in [0.1, 0.15) is 5.01 Å². The van der Waals surface area contributed by atoms with Crippen LogP contribution in [0.5, 0.6) is 0 Å². The minimum atomic E-state index is 0. The van der Waals surface area contributed by atoms with E-state index in [0.717, 1.165) is 10.7 Å². The number of hydrogen-bond donors (Lipinski definition) is 2. The van der Waals surface area contributed by atoms with Gasteiger partial charge in [-0.3, -0.25) is 4.79 Å². The average Bonchev–Trinajstić information content (AvgIpc) is 2.58. The fourth-order valence-corrected chi connectivity index (χ4v) is 1.70. The Morgan fingerprint density at radius 3 is 2.69 bits per heavy atom. The second-order valence-electron chi connectivity index (χ2n) is 3.01. The van der Waals surface area contributed by atoms with Crippen molar-refractivity contribution in [3.63, 3.8) is 0 Å². The van der Waals surface area contributed by atoms with E-state index in [1.807, 2.05) is 19.4 Å². The van der Waals surface area contributed by atoms with Crippen LogP contribution in [0.3, 0.4) is 0 Å². The lowest BCUT2D eigenvalue weighted by Crippen LogP contribution is -2.25. The summed E-state index contributed by atoms with van der Waals surface area (Å²) in [5.74, 6) is 0.0622. The molecule has 2 N–H and O–H groups in total. The summed E-state index contributed by atoms with van der Waals surface area (Å²) >= 11 is 1.57. The second-order valence-corrected chi connectivity index (χ2v) is 3.96. The summed E-state index contributed by atoms with van der Waals surface area (Å²) in [6.45, 7) is 3.20. The van der Waals surface area contributed by atoms with E-state index in [9.17, 15) is 4.79 Å². The Hall–Kier alpha value is -0.360. The lowest BCUT2D eigenvalue weighted by Gasteiger charge is -2.01. The quantitative estimate of drug-likeness (QED) is 0.863. The van der Waals surface area contributed by atoms with Crippen LogP contribution >= 0.6 is 36.2 Å². The average molecular weight is 286 g/mol. The van der Waals surface area contributed by atoms with Crippen LogP contribution in [0.15, 0.2) is 5.38 Å². The van der Waals surface area contributed by atoms with Crippen LogP contribution in [0.2, 0.25) is 0 Å². The van der Waals surface area contributed by atoms with E-state index in [-0.39, 0.29) is 30.7 Å². The Kier molecular flexibility index (Phi) is 11.1. The molecule has 0 unspecified atom stereocenters. The van der Waals surface area contributed by atoms with Gasteiger partial charge < -0.3 is 10.6 Å². The van der Waals surface area contributed by atoms with Gasteiger partial charge in [-0.05, 0) is 14.0 Å². The van der Waals surface area contributed by atoms with E-state index >= 15 is 0 Å². The van der Waals surface area contributed by atoms with E-state index in [2.05, 4.69) is 15.6 Å². The van der Waals surface area contributed by atoms with Gasteiger partial charge in [0, 0.05) is 24.0 Å². The third-order valence-electron chi connectivity index (χ3n) is 1.71. The van der Waals surface area contributed by atoms with Gasteiger partial charge in [0.25, 0.3) is 0 Å². The molecular formula is C9H17Cl2N3OS. The standard InChI is InChI=1S/C9H15N3OS.2ClH/c1-7-6-14-9(12-7)5-11-8(13)3-4-10-2;;/h6,10H,3-5H2,1-2H3,(H,11,13);2*1H. The highest BCUT2D eigenvalue weighted by Crippen LogP contribution is 2.07. The third kappa shape index (κ3) is 7.00. The van der Waals surface area contributed by atoms with Crippen molar-refractivity contribution in [1.29, 1.82) is 0 Å². The minimum Gasteiger partial charge on any atom is -0.350 e. The van der Waals surface area contributed by atoms with E-state index in [0.29, 0.717) is 19.5 Å². The highest BCUT2D eigenvalue weighted by molar-refractivity contribution is 7.09. The molecule has 0 aliphatic carbocycles. The number of aromatic nitrogens is 1. The van der Waals surface area contributed by atoms with Gasteiger partial charge in [-0.2, -0.15) is 0 Å². The number of nitrogens with zero attached hydrogens (tertiary/aromatic N) is 1. The van der Waals surface area contributed by atoms with Crippen LogP contribution in [-0.2, 0) is 11.3 Å². The monoisotopic (exact) mass is 285 g/mol. The van der Waals surface area contributed by atoms with Gasteiger partial charge in [-0.1, -0.05) is 0 Å². The van der Waals surface area contributed by atoms with E-state index < -0.39 is 0 Å². The van der Waals surface area contributed by atoms with Crippen molar-refractivity contribution < 1.29 is 4.79 Å². The van der Waals surface area contributed by atoms with E-state index in [1.165, 1.54) is 0 Å². The maximum atomic E-state index is 11.2. The van der Waals surface area contributed by atoms with E-state index in [1.54, 1.807) is 11.3 Å². The van der Waals surface area contributed by atoms with Crippen molar-refractivity contribution in [3.05, 3.63) is 16.1 Å². The topological polar surface area (TPSA) is 54.0 Å². The largest absolute Gasteiger partial charge is 0.350 e. The zero-order valence-electron chi connectivity index (χ0n) is 9.28. The number of carbonyl (C=O) groups is 1. The number of carbonyl (C=O) groups excluding carboxylic acids is 1. The van der Waals surface area contributed by atoms with Crippen molar-refractivity contribution in [1.82, 2.24) is 15.6 Å². The Balaban J connectivity index is 0. The molecule has 0 aliphatic heterocycles. The molecule has 1 aromatic heterocycles. The smallest absolute Gasteiger partial charge is 0.221 e. The molecule has 4 nitrogen and oxygen atoms in total. The van der Waals surface area contributed by atoms with Crippen molar-refractivity contribution >= 4 is 42.1 Å². The molecule has 94 valence electrons. The molecule has 0 atom stereocenters. The molecule has 7 heteroatoms.